The Hall–Kier alpha value is 1.31. The van der Waals surface area contributed by atoms with Gasteiger partial charge in [0.1, 0.15) is 0 Å². The molecule has 0 rings (SSSR count). The smallest absolute Gasteiger partial charge is 0.793 e. The maximum atomic E-state index is 10.2. The molecule has 0 radical (unpaired) electrons. The van der Waals surface area contributed by atoms with Crippen LogP contribution in [0, 0.1) is 0 Å². The number of hydrogen-bond acceptors (Lipinski definition) is 2. The molecule has 0 heterocycles. The quantitative estimate of drug-likeness (QED) is 0.340. The molecule has 0 aliphatic rings. The summed E-state index contributed by atoms with van der Waals surface area (Å²) < 4.78 is 10.2. The largest absolute Gasteiger partial charge is 1.00 e. The van der Waals surface area contributed by atoms with E-state index in [4.69, 9.17) is 0 Å². The summed E-state index contributed by atoms with van der Waals surface area (Å²) in [5.74, 6) is 1.75. The first-order valence-corrected chi connectivity index (χ1v) is 3.46. The summed E-state index contributed by atoms with van der Waals surface area (Å²) >= 11 is 0. The summed E-state index contributed by atoms with van der Waals surface area (Å²) in [5, 5.41) is 0. The normalized spacial score (nSPS) is 9.12. The van der Waals surface area contributed by atoms with Gasteiger partial charge in [-0.1, -0.05) is 13.2 Å². The van der Waals surface area contributed by atoms with Crippen LogP contribution in [-0.4, -0.2) is 0 Å². The Kier molecular flexibility index (Phi) is 7.70. The van der Waals surface area contributed by atoms with Crippen LogP contribution in [-0.2, 0) is 4.57 Å². The third-order valence-electron chi connectivity index (χ3n) is 0.509. The summed E-state index contributed by atoms with van der Waals surface area (Å²) in [5.41, 5.74) is 0. The van der Waals surface area contributed by atoms with Crippen molar-refractivity contribution < 1.29 is 60.8 Å². The van der Waals surface area contributed by atoms with Gasteiger partial charge in [0.05, 0.1) is 7.37 Å². The predicted molar refractivity (Wildman–Crippen MR) is 28.0 cm³/mol. The van der Waals surface area contributed by atoms with Gasteiger partial charge >= 0.3 is 51.4 Å². The molecule has 0 spiro atoms. The van der Waals surface area contributed by atoms with Crippen molar-refractivity contribution in [2.24, 2.45) is 0 Å². The maximum Gasteiger partial charge on any atom is 1.00 e. The Bertz CT molecular complexity index is 120. The van der Waals surface area contributed by atoms with Crippen LogP contribution in [0.5, 0.6) is 0 Å². The van der Waals surface area contributed by atoms with Gasteiger partial charge in [0.25, 0.3) is 0 Å². The Labute approximate surface area is 91.5 Å². The molecule has 0 saturated carbocycles. The molecule has 0 aromatic rings. The zero-order chi connectivity index (χ0) is 5.91. The van der Waals surface area contributed by atoms with Crippen LogP contribution in [0.4, 0.5) is 0 Å². The first kappa shape index (κ1) is 12.0. The number of rotatable bonds is 2. The molecule has 0 aliphatic carbocycles. The molecule has 0 saturated heterocycles. The third-order valence-corrected chi connectivity index (χ3v) is 1.53. The minimum Gasteiger partial charge on any atom is -0.793 e. The molecule has 0 aliphatic heterocycles. The predicted octanol–water partition coefficient (Wildman–Crippen LogP) is -2.08. The van der Waals surface area contributed by atoms with Crippen LogP contribution in [0.1, 0.15) is 0 Å². The van der Waals surface area contributed by atoms with Crippen molar-refractivity contribution in [3.63, 3.8) is 0 Å². The summed E-state index contributed by atoms with van der Waals surface area (Å²) in [6, 6.07) is 0. The fraction of sp³-hybridized carbons (Fsp3) is 0. The molecule has 0 amide bonds. The molecule has 40 valence electrons. The van der Waals surface area contributed by atoms with Gasteiger partial charge in [-0.25, -0.2) is 0 Å². The monoisotopic (exact) mass is 156 g/mol. The van der Waals surface area contributed by atoms with Gasteiger partial charge < -0.3 is 9.46 Å². The Morgan fingerprint density at radius 2 is 1.62 bits per heavy atom. The molecule has 0 fully saturated rings. The molecule has 8 heavy (non-hydrogen) atoms. The molecule has 4 heteroatoms. The third kappa shape index (κ3) is 5.44. The molecular weight excluding hydrogens is 150 g/mol. The molecule has 0 aromatic heterocycles. The van der Waals surface area contributed by atoms with E-state index in [0.717, 1.165) is 11.6 Å². The van der Waals surface area contributed by atoms with Crippen LogP contribution in [0.15, 0.2) is 24.8 Å². The van der Waals surface area contributed by atoms with Gasteiger partial charge in [0.15, 0.2) is 0 Å². The van der Waals surface area contributed by atoms with Crippen LogP contribution in [0.3, 0.4) is 0 Å². The van der Waals surface area contributed by atoms with E-state index in [1.807, 2.05) is 0 Å². The van der Waals surface area contributed by atoms with Gasteiger partial charge in [-0.05, 0) is 11.6 Å². The Morgan fingerprint density at radius 3 is 1.62 bits per heavy atom. The van der Waals surface area contributed by atoms with E-state index in [0.29, 0.717) is 0 Å². The van der Waals surface area contributed by atoms with E-state index in [-0.39, 0.29) is 51.4 Å². The second-order valence-electron chi connectivity index (χ2n) is 1.01. The maximum absolute atomic E-state index is 10.2. The van der Waals surface area contributed by atoms with E-state index in [2.05, 4.69) is 13.2 Å². The van der Waals surface area contributed by atoms with Crippen LogP contribution in [0.25, 0.3) is 0 Å². The van der Waals surface area contributed by atoms with E-state index in [9.17, 15) is 9.46 Å². The molecule has 0 unspecified atom stereocenters. The Balaban J connectivity index is 0. The SMILES string of the molecule is C=CP(=O)([O-])C=C.[K+]. The van der Waals surface area contributed by atoms with E-state index < -0.39 is 7.37 Å². The van der Waals surface area contributed by atoms with Gasteiger partial charge in [-0.3, -0.25) is 0 Å². The van der Waals surface area contributed by atoms with Crippen molar-refractivity contribution in [2.75, 3.05) is 0 Å². The molecule has 0 atom stereocenters. The zero-order valence-corrected chi connectivity index (χ0v) is 8.85. The van der Waals surface area contributed by atoms with Crippen molar-refractivity contribution in [2.45, 2.75) is 0 Å². The standard InChI is InChI=1S/C4H7O2P.K/c1-3-7(5,6)4-2;/h3-4H,1-2H2,(H,5,6);/q;+1/p-1. The van der Waals surface area contributed by atoms with Gasteiger partial charge in [-0.15, -0.1) is 0 Å². The summed E-state index contributed by atoms with van der Waals surface area (Å²) in [4.78, 5) is 10.2. The topological polar surface area (TPSA) is 40.1 Å². The molecule has 0 N–H and O–H groups in total. The second-order valence-corrected chi connectivity index (χ2v) is 3.03. The molecule has 0 bridgehead atoms. The summed E-state index contributed by atoms with van der Waals surface area (Å²) in [6.45, 7) is 6.11. The zero-order valence-electron chi connectivity index (χ0n) is 4.83. The van der Waals surface area contributed by atoms with Gasteiger partial charge in [0.2, 0.25) is 0 Å². The second kappa shape index (κ2) is 5.12. The van der Waals surface area contributed by atoms with Crippen molar-refractivity contribution in [1.29, 1.82) is 0 Å². The first-order chi connectivity index (χ1) is 3.12. The van der Waals surface area contributed by atoms with Crippen LogP contribution >= 0.6 is 7.37 Å². The van der Waals surface area contributed by atoms with Gasteiger partial charge in [-0.2, -0.15) is 0 Å². The fourth-order valence-corrected chi connectivity index (χ4v) is 0.224. The van der Waals surface area contributed by atoms with Crippen LogP contribution < -0.4 is 56.3 Å². The van der Waals surface area contributed by atoms with Crippen molar-refractivity contribution in [3.05, 3.63) is 24.8 Å². The fourth-order valence-electron chi connectivity index (χ4n) is 0.0745. The number of hydrogen-bond donors (Lipinski definition) is 0. The van der Waals surface area contributed by atoms with Crippen LogP contribution in [0.2, 0.25) is 0 Å². The van der Waals surface area contributed by atoms with E-state index in [1.54, 1.807) is 0 Å². The first-order valence-electron chi connectivity index (χ1n) is 1.70. The average molecular weight is 156 g/mol. The van der Waals surface area contributed by atoms with Gasteiger partial charge in [0, 0.05) is 0 Å². The minimum absolute atomic E-state index is 0. The Morgan fingerprint density at radius 1 is 1.38 bits per heavy atom. The van der Waals surface area contributed by atoms with Crippen molar-refractivity contribution in [3.8, 4) is 0 Å². The minimum atomic E-state index is -3.38. The summed E-state index contributed by atoms with van der Waals surface area (Å²) in [6.07, 6.45) is 0. The van der Waals surface area contributed by atoms with E-state index >= 15 is 0 Å². The van der Waals surface area contributed by atoms with E-state index in [1.165, 1.54) is 0 Å². The molecule has 2 nitrogen and oxygen atoms in total. The average Bonchev–Trinajstić information content (AvgIpc) is 1.68. The van der Waals surface area contributed by atoms with Crippen molar-refractivity contribution >= 4 is 7.37 Å². The molecule has 0 aromatic carbocycles. The molecular formula is C4H6KO2P. The van der Waals surface area contributed by atoms with Crippen molar-refractivity contribution in [1.82, 2.24) is 0 Å². The summed E-state index contributed by atoms with van der Waals surface area (Å²) in [7, 11) is -3.38.